The Labute approximate surface area is 96.4 Å². The van der Waals surface area contributed by atoms with Crippen LogP contribution in [0.1, 0.15) is 5.56 Å². The molecule has 0 bridgehead atoms. The number of alkyl halides is 3. The highest BCUT2D eigenvalue weighted by atomic mass is 79.9. The normalized spacial score (nSPS) is 12.3. The van der Waals surface area contributed by atoms with E-state index in [1.54, 1.807) is 0 Å². The van der Waals surface area contributed by atoms with Gasteiger partial charge < -0.3 is 4.98 Å². The molecule has 2 rings (SSSR count). The van der Waals surface area contributed by atoms with Gasteiger partial charge in [-0.3, -0.25) is 0 Å². The third-order valence-corrected chi connectivity index (χ3v) is 2.97. The predicted molar refractivity (Wildman–Crippen MR) is 56.0 cm³/mol. The third-order valence-electron chi connectivity index (χ3n) is 2.03. The third kappa shape index (κ3) is 1.74. The van der Waals surface area contributed by atoms with Gasteiger partial charge in [-0.05, 0) is 28.1 Å². The number of hydrogen-bond donors (Lipinski definition) is 1. The van der Waals surface area contributed by atoms with Crippen LogP contribution >= 0.6 is 27.5 Å². The Morgan fingerprint density at radius 2 is 1.93 bits per heavy atom. The highest BCUT2D eigenvalue weighted by Crippen LogP contribution is 2.42. The van der Waals surface area contributed by atoms with Crippen molar-refractivity contribution in [2.45, 2.75) is 6.18 Å². The number of aromatic nitrogens is 1. The first kappa shape index (κ1) is 10.8. The highest BCUT2D eigenvalue weighted by Gasteiger charge is 2.36. The summed E-state index contributed by atoms with van der Waals surface area (Å²) < 4.78 is 38.5. The lowest BCUT2D eigenvalue weighted by Crippen LogP contribution is -2.06. The summed E-state index contributed by atoms with van der Waals surface area (Å²) in [5.74, 6) is 0. The maximum atomic E-state index is 12.7. The minimum absolute atomic E-state index is 0.0648. The fourth-order valence-electron chi connectivity index (χ4n) is 1.44. The van der Waals surface area contributed by atoms with Crippen molar-refractivity contribution in [1.29, 1.82) is 0 Å². The minimum atomic E-state index is -4.46. The maximum absolute atomic E-state index is 12.7. The lowest BCUT2D eigenvalue weighted by Gasteiger charge is -2.10. The number of rotatable bonds is 0. The van der Waals surface area contributed by atoms with Gasteiger partial charge in [-0.1, -0.05) is 11.6 Å². The van der Waals surface area contributed by atoms with Crippen molar-refractivity contribution in [2.75, 3.05) is 0 Å². The molecule has 2 aromatic rings. The van der Waals surface area contributed by atoms with Crippen molar-refractivity contribution < 1.29 is 13.2 Å². The molecule has 0 atom stereocenters. The van der Waals surface area contributed by atoms with Gasteiger partial charge >= 0.3 is 6.18 Å². The lowest BCUT2D eigenvalue weighted by molar-refractivity contribution is -0.136. The maximum Gasteiger partial charge on any atom is 0.418 e. The van der Waals surface area contributed by atoms with Crippen molar-refractivity contribution in [1.82, 2.24) is 4.98 Å². The Kier molecular flexibility index (Phi) is 2.47. The second-order valence-electron chi connectivity index (χ2n) is 2.98. The highest BCUT2D eigenvalue weighted by molar-refractivity contribution is 9.10. The first-order chi connectivity index (χ1) is 6.91. The Hall–Kier alpha value is -0.680. The average Bonchev–Trinajstić information content (AvgIpc) is 2.46. The van der Waals surface area contributed by atoms with Crippen LogP contribution in [0.15, 0.2) is 22.8 Å². The van der Waals surface area contributed by atoms with E-state index in [1.807, 2.05) is 0 Å². The van der Waals surface area contributed by atoms with Crippen LogP contribution in [0, 0.1) is 0 Å². The zero-order valence-corrected chi connectivity index (χ0v) is 9.46. The second-order valence-corrected chi connectivity index (χ2v) is 4.24. The minimum Gasteiger partial charge on any atom is -0.360 e. The first-order valence-corrected chi connectivity index (χ1v) is 5.10. The van der Waals surface area contributed by atoms with Crippen molar-refractivity contribution in [3.05, 3.63) is 33.4 Å². The number of nitrogens with one attached hydrogen (secondary N) is 1. The number of hydrogen-bond acceptors (Lipinski definition) is 0. The Bertz CT molecular complexity index is 518. The summed E-state index contributed by atoms with van der Waals surface area (Å²) in [5.41, 5.74) is -0.409. The van der Waals surface area contributed by atoms with E-state index in [2.05, 4.69) is 20.9 Å². The van der Waals surface area contributed by atoms with Crippen LogP contribution in [0.3, 0.4) is 0 Å². The summed E-state index contributed by atoms with van der Waals surface area (Å²) in [7, 11) is 0. The number of fused-ring (bicyclic) bond motifs is 1. The van der Waals surface area contributed by atoms with Crippen molar-refractivity contribution in [3.8, 4) is 0 Å². The molecule has 0 aliphatic rings. The fraction of sp³-hybridized carbons (Fsp3) is 0.111. The predicted octanol–water partition coefficient (Wildman–Crippen LogP) is 4.60. The van der Waals surface area contributed by atoms with Crippen molar-refractivity contribution >= 4 is 38.4 Å². The van der Waals surface area contributed by atoms with E-state index in [-0.39, 0.29) is 10.4 Å². The SMILES string of the molecule is FC(F)(F)c1c(Cl)ccc2[nH]cc(Br)c12. The topological polar surface area (TPSA) is 15.8 Å². The molecule has 0 saturated carbocycles. The molecule has 15 heavy (non-hydrogen) atoms. The second kappa shape index (κ2) is 3.42. The van der Waals surface area contributed by atoms with E-state index in [1.165, 1.54) is 18.3 Å². The Balaban J connectivity index is 2.90. The van der Waals surface area contributed by atoms with Crippen LogP contribution < -0.4 is 0 Å². The van der Waals surface area contributed by atoms with E-state index in [0.717, 1.165) is 0 Å². The van der Waals surface area contributed by atoms with Gasteiger partial charge in [0.05, 0.1) is 10.6 Å². The van der Waals surface area contributed by atoms with Crippen LogP contribution in [-0.4, -0.2) is 4.98 Å². The molecule has 0 radical (unpaired) electrons. The first-order valence-electron chi connectivity index (χ1n) is 3.93. The van der Waals surface area contributed by atoms with Crippen LogP contribution in [-0.2, 0) is 6.18 Å². The van der Waals surface area contributed by atoms with Crippen LogP contribution in [0.4, 0.5) is 13.2 Å². The molecular formula is C9H4BrClF3N. The van der Waals surface area contributed by atoms with E-state index in [9.17, 15) is 13.2 Å². The van der Waals surface area contributed by atoms with Crippen LogP contribution in [0.5, 0.6) is 0 Å². The molecule has 80 valence electrons. The summed E-state index contributed by atoms with van der Waals surface area (Å²) in [4.78, 5) is 2.72. The molecule has 0 unspecified atom stereocenters. The van der Waals surface area contributed by atoms with Crippen LogP contribution in [0.2, 0.25) is 5.02 Å². The molecule has 1 N–H and O–H groups in total. The average molecular weight is 298 g/mol. The van der Waals surface area contributed by atoms with E-state index >= 15 is 0 Å². The monoisotopic (exact) mass is 297 g/mol. The van der Waals surface area contributed by atoms with Gasteiger partial charge in [-0.25, -0.2) is 0 Å². The van der Waals surface area contributed by atoms with Gasteiger partial charge in [0.15, 0.2) is 0 Å². The summed E-state index contributed by atoms with van der Waals surface area (Å²) in [6, 6.07) is 2.74. The molecule has 1 nitrogen and oxygen atoms in total. The zero-order valence-electron chi connectivity index (χ0n) is 7.12. The van der Waals surface area contributed by atoms with Crippen LogP contribution in [0.25, 0.3) is 10.9 Å². The van der Waals surface area contributed by atoms with Crippen molar-refractivity contribution in [3.63, 3.8) is 0 Å². The van der Waals surface area contributed by atoms with Gasteiger partial charge in [0.25, 0.3) is 0 Å². The van der Waals surface area contributed by atoms with E-state index in [4.69, 9.17) is 11.6 Å². The van der Waals surface area contributed by atoms with Gasteiger partial charge in [0.2, 0.25) is 0 Å². The molecule has 0 amide bonds. The molecule has 0 aliphatic carbocycles. The standard InChI is InChI=1S/C9H4BrClF3N/c10-4-3-15-6-2-1-5(11)8(7(4)6)9(12,13)14/h1-3,15H. The molecule has 1 heterocycles. The number of halogens is 5. The Morgan fingerprint density at radius 1 is 1.27 bits per heavy atom. The molecule has 1 aromatic carbocycles. The molecular weight excluding hydrogens is 294 g/mol. The molecule has 0 fully saturated rings. The molecule has 1 aromatic heterocycles. The summed E-state index contributed by atoms with van der Waals surface area (Å²) in [6.45, 7) is 0. The Morgan fingerprint density at radius 3 is 2.53 bits per heavy atom. The largest absolute Gasteiger partial charge is 0.418 e. The van der Waals surface area contributed by atoms with Gasteiger partial charge in [-0.15, -0.1) is 0 Å². The molecule has 0 aliphatic heterocycles. The fourth-order valence-corrected chi connectivity index (χ4v) is 2.23. The summed E-state index contributed by atoms with van der Waals surface area (Å²) in [6.07, 6.45) is -3.00. The summed E-state index contributed by atoms with van der Waals surface area (Å²) in [5, 5.41) is -0.231. The summed E-state index contributed by atoms with van der Waals surface area (Å²) >= 11 is 8.62. The van der Waals surface area contributed by atoms with Gasteiger partial charge in [-0.2, -0.15) is 13.2 Å². The molecule has 0 spiro atoms. The lowest BCUT2D eigenvalue weighted by atomic mass is 10.1. The van der Waals surface area contributed by atoms with Gasteiger partial charge in [0, 0.05) is 21.6 Å². The van der Waals surface area contributed by atoms with Crippen molar-refractivity contribution in [2.24, 2.45) is 0 Å². The zero-order chi connectivity index (χ0) is 11.2. The number of H-pyrrole nitrogens is 1. The number of benzene rings is 1. The quantitative estimate of drug-likeness (QED) is 0.731. The van der Waals surface area contributed by atoms with E-state index in [0.29, 0.717) is 9.99 Å². The van der Waals surface area contributed by atoms with Gasteiger partial charge in [0.1, 0.15) is 0 Å². The smallest absolute Gasteiger partial charge is 0.360 e. The molecule has 0 saturated heterocycles. The van der Waals surface area contributed by atoms with E-state index < -0.39 is 11.7 Å². The molecule has 6 heteroatoms. The number of aromatic amines is 1.